The molecule has 1 heterocycles. The molecule has 0 aliphatic heterocycles. The van der Waals surface area contributed by atoms with Gasteiger partial charge in [-0.15, -0.1) is 0 Å². The molecule has 0 bridgehead atoms. The van der Waals surface area contributed by atoms with Crippen LogP contribution >= 0.6 is 0 Å². The predicted molar refractivity (Wildman–Crippen MR) is 86.0 cm³/mol. The third kappa shape index (κ3) is 4.60. The monoisotopic (exact) mass is 338 g/mol. The van der Waals surface area contributed by atoms with Crippen LogP contribution < -0.4 is 5.14 Å². The van der Waals surface area contributed by atoms with Crippen molar-refractivity contribution in [3.8, 4) is 0 Å². The predicted octanol–water partition coefficient (Wildman–Crippen LogP) is 1.86. The van der Waals surface area contributed by atoms with Gasteiger partial charge in [-0.25, -0.2) is 13.6 Å². The Bertz CT molecular complexity index is 740. The third-order valence-electron chi connectivity index (χ3n) is 3.72. The van der Waals surface area contributed by atoms with Gasteiger partial charge in [-0.3, -0.25) is 4.90 Å². The number of hydrogen-bond donors (Lipinski definition) is 1. The third-order valence-corrected chi connectivity index (χ3v) is 4.65. The second kappa shape index (κ2) is 7.20. The summed E-state index contributed by atoms with van der Waals surface area (Å²) in [5, 5.41) is 9.04. The van der Waals surface area contributed by atoms with Crippen molar-refractivity contribution in [2.45, 2.75) is 44.2 Å². The zero-order valence-electron chi connectivity index (χ0n) is 13.6. The highest BCUT2D eigenvalue weighted by molar-refractivity contribution is 7.89. The molecule has 1 atom stereocenters. The summed E-state index contributed by atoms with van der Waals surface area (Å²) in [6.45, 7) is 4.61. The summed E-state index contributed by atoms with van der Waals surface area (Å²) in [6.07, 6.45) is 1.78. The van der Waals surface area contributed by atoms with E-state index < -0.39 is 10.0 Å². The lowest BCUT2D eigenvalue weighted by Crippen LogP contribution is -2.22. The van der Waals surface area contributed by atoms with Crippen LogP contribution in [0.1, 0.15) is 43.6 Å². The average molecular weight is 338 g/mol. The maximum atomic E-state index is 11.3. The summed E-state index contributed by atoms with van der Waals surface area (Å²) in [7, 11) is -1.72. The van der Waals surface area contributed by atoms with Gasteiger partial charge < -0.3 is 4.52 Å². The molecule has 0 fully saturated rings. The standard InChI is InChI=1S/C15H22N4O3S/c1-4-5-14-17-15(22-18-14)10-19(3)11(2)12-6-8-13(9-7-12)23(16,20)21/h6-9,11H,4-5,10H2,1-3H3,(H2,16,20,21). The van der Waals surface area contributed by atoms with E-state index in [4.69, 9.17) is 9.66 Å². The molecule has 2 aromatic rings. The van der Waals surface area contributed by atoms with Crippen LogP contribution in [0.5, 0.6) is 0 Å². The minimum absolute atomic E-state index is 0.0612. The van der Waals surface area contributed by atoms with Crippen molar-refractivity contribution >= 4 is 10.0 Å². The van der Waals surface area contributed by atoms with Crippen LogP contribution in [0, 0.1) is 0 Å². The lowest BCUT2D eigenvalue weighted by Gasteiger charge is -2.23. The molecule has 1 unspecified atom stereocenters. The molecular formula is C15H22N4O3S. The molecular weight excluding hydrogens is 316 g/mol. The largest absolute Gasteiger partial charge is 0.338 e. The molecule has 23 heavy (non-hydrogen) atoms. The lowest BCUT2D eigenvalue weighted by molar-refractivity contribution is 0.216. The van der Waals surface area contributed by atoms with E-state index in [2.05, 4.69) is 22.0 Å². The van der Waals surface area contributed by atoms with Crippen LogP contribution in [-0.2, 0) is 23.0 Å². The zero-order chi connectivity index (χ0) is 17.0. The fourth-order valence-electron chi connectivity index (χ4n) is 2.22. The van der Waals surface area contributed by atoms with Gasteiger partial charge in [-0.05, 0) is 38.1 Å². The number of hydrogen-bond acceptors (Lipinski definition) is 6. The van der Waals surface area contributed by atoms with Gasteiger partial charge in [0.1, 0.15) is 0 Å². The van der Waals surface area contributed by atoms with Crippen LogP contribution in [0.2, 0.25) is 0 Å². The van der Waals surface area contributed by atoms with Crippen molar-refractivity contribution in [2.24, 2.45) is 5.14 Å². The van der Waals surface area contributed by atoms with E-state index in [1.54, 1.807) is 12.1 Å². The van der Waals surface area contributed by atoms with Crippen molar-refractivity contribution in [1.82, 2.24) is 15.0 Å². The Morgan fingerprint density at radius 2 is 1.96 bits per heavy atom. The van der Waals surface area contributed by atoms with Crippen molar-refractivity contribution in [3.63, 3.8) is 0 Å². The van der Waals surface area contributed by atoms with Crippen LogP contribution in [0.25, 0.3) is 0 Å². The Hall–Kier alpha value is -1.77. The number of benzene rings is 1. The summed E-state index contributed by atoms with van der Waals surface area (Å²) >= 11 is 0. The lowest BCUT2D eigenvalue weighted by atomic mass is 10.1. The van der Waals surface area contributed by atoms with Gasteiger partial charge in [0, 0.05) is 12.5 Å². The Morgan fingerprint density at radius 1 is 1.30 bits per heavy atom. The highest BCUT2D eigenvalue weighted by Crippen LogP contribution is 2.21. The molecule has 0 radical (unpaired) electrons. The highest BCUT2D eigenvalue weighted by Gasteiger charge is 2.16. The average Bonchev–Trinajstić information content (AvgIpc) is 2.93. The molecule has 7 nitrogen and oxygen atoms in total. The van der Waals surface area contributed by atoms with Crippen LogP contribution in [0.4, 0.5) is 0 Å². The Labute approximate surface area is 136 Å². The molecule has 0 saturated carbocycles. The molecule has 1 aromatic carbocycles. The topological polar surface area (TPSA) is 102 Å². The Morgan fingerprint density at radius 3 is 2.52 bits per heavy atom. The number of nitrogens with zero attached hydrogens (tertiary/aromatic N) is 3. The maximum Gasteiger partial charge on any atom is 0.240 e. The SMILES string of the molecule is CCCc1noc(CN(C)C(C)c2ccc(S(N)(=O)=O)cc2)n1. The second-order valence-electron chi connectivity index (χ2n) is 5.56. The van der Waals surface area contributed by atoms with E-state index in [9.17, 15) is 8.42 Å². The fourth-order valence-corrected chi connectivity index (χ4v) is 2.74. The number of rotatable bonds is 7. The smallest absolute Gasteiger partial charge is 0.240 e. The normalized spacial score (nSPS) is 13.4. The first kappa shape index (κ1) is 17.6. The molecule has 8 heteroatoms. The summed E-state index contributed by atoms with van der Waals surface area (Å²) < 4.78 is 27.8. The maximum absolute atomic E-state index is 11.3. The number of sulfonamides is 1. The highest BCUT2D eigenvalue weighted by atomic mass is 32.2. The van der Waals surface area contributed by atoms with Gasteiger partial charge in [0.2, 0.25) is 15.9 Å². The van der Waals surface area contributed by atoms with Crippen molar-refractivity contribution in [3.05, 3.63) is 41.5 Å². The number of aromatic nitrogens is 2. The van der Waals surface area contributed by atoms with Gasteiger partial charge in [-0.1, -0.05) is 24.2 Å². The summed E-state index contributed by atoms with van der Waals surface area (Å²) in [5.41, 5.74) is 0.980. The number of primary sulfonamides is 1. The van der Waals surface area contributed by atoms with Crippen LogP contribution in [0.15, 0.2) is 33.7 Å². The van der Waals surface area contributed by atoms with E-state index >= 15 is 0 Å². The minimum Gasteiger partial charge on any atom is -0.338 e. The van der Waals surface area contributed by atoms with E-state index in [-0.39, 0.29) is 10.9 Å². The fraction of sp³-hybridized carbons (Fsp3) is 0.467. The van der Waals surface area contributed by atoms with Gasteiger partial charge in [0.05, 0.1) is 11.4 Å². The van der Waals surface area contributed by atoms with Crippen molar-refractivity contribution in [2.75, 3.05) is 7.05 Å². The van der Waals surface area contributed by atoms with Gasteiger partial charge in [-0.2, -0.15) is 4.98 Å². The zero-order valence-corrected chi connectivity index (χ0v) is 14.4. The molecule has 0 amide bonds. The van der Waals surface area contributed by atoms with Gasteiger partial charge in [0.15, 0.2) is 5.82 Å². The molecule has 2 N–H and O–H groups in total. The van der Waals surface area contributed by atoms with Gasteiger partial charge >= 0.3 is 0 Å². The van der Waals surface area contributed by atoms with E-state index in [1.807, 2.05) is 14.0 Å². The molecule has 0 saturated heterocycles. The quantitative estimate of drug-likeness (QED) is 0.826. The summed E-state index contributed by atoms with van der Waals surface area (Å²) in [4.78, 5) is 6.51. The molecule has 126 valence electrons. The molecule has 0 spiro atoms. The first-order valence-electron chi connectivity index (χ1n) is 7.45. The second-order valence-corrected chi connectivity index (χ2v) is 7.12. The number of aryl methyl sites for hydroxylation is 1. The molecule has 0 aliphatic carbocycles. The van der Waals surface area contributed by atoms with Gasteiger partial charge in [0.25, 0.3) is 0 Å². The van der Waals surface area contributed by atoms with E-state index in [0.29, 0.717) is 12.4 Å². The molecule has 0 aliphatic rings. The van der Waals surface area contributed by atoms with Crippen LogP contribution in [0.3, 0.4) is 0 Å². The first-order valence-corrected chi connectivity index (χ1v) is 9.00. The van der Waals surface area contributed by atoms with Crippen molar-refractivity contribution in [1.29, 1.82) is 0 Å². The Kier molecular flexibility index (Phi) is 5.51. The molecule has 2 rings (SSSR count). The minimum atomic E-state index is -3.66. The van der Waals surface area contributed by atoms with Crippen molar-refractivity contribution < 1.29 is 12.9 Å². The summed E-state index contributed by atoms with van der Waals surface area (Å²) in [5.74, 6) is 1.30. The summed E-state index contributed by atoms with van der Waals surface area (Å²) in [6, 6.07) is 6.61. The molecule has 1 aromatic heterocycles. The Balaban J connectivity index is 2.05. The first-order chi connectivity index (χ1) is 10.8. The number of nitrogens with two attached hydrogens (primary N) is 1. The van der Waals surface area contributed by atoms with E-state index in [1.165, 1.54) is 12.1 Å². The van der Waals surface area contributed by atoms with Crippen LogP contribution in [-0.4, -0.2) is 30.5 Å². The van der Waals surface area contributed by atoms with E-state index in [0.717, 1.165) is 24.2 Å².